The molecule has 0 spiro atoms. The van der Waals surface area contributed by atoms with E-state index in [1.165, 1.54) is 0 Å². The average Bonchev–Trinajstić information content (AvgIpc) is 3.03. The van der Waals surface area contributed by atoms with Crippen LogP contribution in [0.4, 0.5) is 5.82 Å². The van der Waals surface area contributed by atoms with Crippen molar-refractivity contribution in [3.63, 3.8) is 0 Å². The standard InChI is InChI=1S/C20H20N4O2/c1-14-11-19(23-20(22-14)15-7-9-21-10-8-15)24-12-17(25)18(13-24)26-16-5-3-2-4-6-16/h2-11,17-18,25H,12-13H2,1H3/t17-,18-/m1/s1. The molecule has 2 aromatic heterocycles. The van der Waals surface area contributed by atoms with E-state index >= 15 is 0 Å². The third-order valence-corrected chi connectivity index (χ3v) is 4.37. The number of aryl methyl sites for hydroxylation is 1. The first kappa shape index (κ1) is 16.5. The molecule has 0 amide bonds. The van der Waals surface area contributed by atoms with Crippen molar-refractivity contribution in [3.05, 3.63) is 66.6 Å². The van der Waals surface area contributed by atoms with E-state index < -0.39 is 6.10 Å². The van der Waals surface area contributed by atoms with Gasteiger partial charge in [-0.3, -0.25) is 4.98 Å². The van der Waals surface area contributed by atoms with Crippen molar-refractivity contribution in [2.75, 3.05) is 18.0 Å². The Balaban J connectivity index is 1.55. The third-order valence-electron chi connectivity index (χ3n) is 4.37. The summed E-state index contributed by atoms with van der Waals surface area (Å²) in [4.78, 5) is 15.3. The number of hydrogen-bond donors (Lipinski definition) is 1. The Morgan fingerprint density at radius 1 is 1.04 bits per heavy atom. The van der Waals surface area contributed by atoms with Crippen LogP contribution in [-0.4, -0.2) is 45.4 Å². The highest BCUT2D eigenvalue weighted by atomic mass is 16.5. The van der Waals surface area contributed by atoms with Crippen molar-refractivity contribution in [2.24, 2.45) is 0 Å². The molecule has 1 aromatic carbocycles. The van der Waals surface area contributed by atoms with Gasteiger partial charge in [0.1, 0.15) is 23.8 Å². The minimum Gasteiger partial charge on any atom is -0.486 e. The highest BCUT2D eigenvalue weighted by Crippen LogP contribution is 2.25. The number of rotatable bonds is 4. The minimum absolute atomic E-state index is 0.294. The molecule has 0 unspecified atom stereocenters. The summed E-state index contributed by atoms with van der Waals surface area (Å²) in [7, 11) is 0. The first-order chi connectivity index (χ1) is 12.7. The van der Waals surface area contributed by atoms with Gasteiger partial charge in [0.2, 0.25) is 0 Å². The van der Waals surface area contributed by atoms with E-state index in [0.717, 1.165) is 22.8 Å². The maximum atomic E-state index is 10.4. The molecule has 0 radical (unpaired) electrons. The Morgan fingerprint density at radius 3 is 2.58 bits per heavy atom. The molecule has 0 aliphatic carbocycles. The normalized spacial score (nSPS) is 19.5. The molecule has 0 bridgehead atoms. The maximum Gasteiger partial charge on any atom is 0.161 e. The molecule has 4 rings (SSSR count). The fraction of sp³-hybridized carbons (Fsp3) is 0.250. The Kier molecular flexibility index (Phi) is 4.50. The van der Waals surface area contributed by atoms with Crippen molar-refractivity contribution < 1.29 is 9.84 Å². The van der Waals surface area contributed by atoms with E-state index in [2.05, 4.69) is 15.0 Å². The molecular formula is C20H20N4O2. The predicted octanol–water partition coefficient (Wildman–Crippen LogP) is 2.48. The number of hydrogen-bond acceptors (Lipinski definition) is 6. The number of benzene rings is 1. The molecule has 1 aliphatic rings. The molecule has 6 heteroatoms. The van der Waals surface area contributed by atoms with Gasteiger partial charge in [0.25, 0.3) is 0 Å². The zero-order chi connectivity index (χ0) is 17.9. The lowest BCUT2D eigenvalue weighted by molar-refractivity contribution is 0.0738. The van der Waals surface area contributed by atoms with Crippen molar-refractivity contribution in [1.29, 1.82) is 0 Å². The highest BCUT2D eigenvalue weighted by Gasteiger charge is 2.34. The van der Waals surface area contributed by atoms with Gasteiger partial charge >= 0.3 is 0 Å². The lowest BCUT2D eigenvalue weighted by Gasteiger charge is -2.18. The van der Waals surface area contributed by atoms with Crippen LogP contribution in [-0.2, 0) is 0 Å². The van der Waals surface area contributed by atoms with E-state index in [0.29, 0.717) is 18.9 Å². The molecule has 1 aliphatic heterocycles. The van der Waals surface area contributed by atoms with Crippen LogP contribution in [0.5, 0.6) is 5.75 Å². The summed E-state index contributed by atoms with van der Waals surface area (Å²) in [5.41, 5.74) is 1.80. The van der Waals surface area contributed by atoms with E-state index in [-0.39, 0.29) is 6.10 Å². The summed E-state index contributed by atoms with van der Waals surface area (Å²) in [5.74, 6) is 2.21. The van der Waals surface area contributed by atoms with Gasteiger partial charge in [0.15, 0.2) is 5.82 Å². The molecular weight excluding hydrogens is 328 g/mol. The third kappa shape index (κ3) is 3.50. The average molecular weight is 348 g/mol. The van der Waals surface area contributed by atoms with Crippen LogP contribution >= 0.6 is 0 Å². The van der Waals surface area contributed by atoms with E-state index in [4.69, 9.17) is 4.74 Å². The molecule has 1 saturated heterocycles. The number of β-amino-alcohol motifs (C(OH)–C–C–N with tert-alkyl or cyclic N) is 1. The molecule has 3 aromatic rings. The number of ether oxygens (including phenoxy) is 1. The number of para-hydroxylation sites is 1. The zero-order valence-electron chi connectivity index (χ0n) is 14.5. The number of aliphatic hydroxyl groups excluding tert-OH is 1. The van der Waals surface area contributed by atoms with Gasteiger partial charge in [-0.05, 0) is 31.2 Å². The Labute approximate surface area is 152 Å². The van der Waals surface area contributed by atoms with Crippen LogP contribution < -0.4 is 9.64 Å². The lowest BCUT2D eigenvalue weighted by atomic mass is 10.2. The van der Waals surface area contributed by atoms with Gasteiger partial charge in [-0.15, -0.1) is 0 Å². The van der Waals surface area contributed by atoms with E-state index in [1.807, 2.05) is 60.4 Å². The number of pyridine rings is 1. The molecule has 1 N–H and O–H groups in total. The summed E-state index contributed by atoms with van der Waals surface area (Å²) >= 11 is 0. The molecule has 3 heterocycles. The van der Waals surface area contributed by atoms with E-state index in [1.54, 1.807) is 12.4 Å². The van der Waals surface area contributed by atoms with Gasteiger partial charge in [-0.25, -0.2) is 9.97 Å². The smallest absolute Gasteiger partial charge is 0.161 e. The molecule has 2 atom stereocenters. The Bertz CT molecular complexity index is 873. The number of aliphatic hydroxyl groups is 1. The second-order valence-electron chi connectivity index (χ2n) is 6.37. The molecule has 26 heavy (non-hydrogen) atoms. The highest BCUT2D eigenvalue weighted by molar-refractivity contribution is 5.57. The fourth-order valence-corrected chi connectivity index (χ4v) is 3.08. The van der Waals surface area contributed by atoms with Crippen LogP contribution in [0.2, 0.25) is 0 Å². The van der Waals surface area contributed by atoms with Crippen molar-refractivity contribution >= 4 is 5.82 Å². The van der Waals surface area contributed by atoms with Crippen LogP contribution in [0.15, 0.2) is 60.9 Å². The van der Waals surface area contributed by atoms with Gasteiger partial charge in [0.05, 0.1) is 6.54 Å². The zero-order valence-corrected chi connectivity index (χ0v) is 14.5. The summed E-state index contributed by atoms with van der Waals surface area (Å²) in [6.45, 7) is 2.99. The molecule has 132 valence electrons. The van der Waals surface area contributed by atoms with Crippen LogP contribution in [0, 0.1) is 6.92 Å². The molecule has 1 fully saturated rings. The summed E-state index contributed by atoms with van der Waals surface area (Å²) < 4.78 is 5.94. The number of aromatic nitrogens is 3. The number of nitrogens with zero attached hydrogens (tertiary/aromatic N) is 4. The summed E-state index contributed by atoms with van der Waals surface area (Å²) in [6, 6.07) is 15.3. The lowest BCUT2D eigenvalue weighted by Crippen LogP contribution is -2.29. The predicted molar refractivity (Wildman–Crippen MR) is 99.1 cm³/mol. The second-order valence-corrected chi connectivity index (χ2v) is 6.37. The second kappa shape index (κ2) is 7.09. The van der Waals surface area contributed by atoms with E-state index in [9.17, 15) is 5.11 Å². The minimum atomic E-state index is -0.574. The van der Waals surface area contributed by atoms with Crippen LogP contribution in [0.25, 0.3) is 11.4 Å². The fourth-order valence-electron chi connectivity index (χ4n) is 3.08. The monoisotopic (exact) mass is 348 g/mol. The topological polar surface area (TPSA) is 71.4 Å². The first-order valence-electron chi connectivity index (χ1n) is 8.60. The van der Waals surface area contributed by atoms with Crippen LogP contribution in [0.3, 0.4) is 0 Å². The largest absolute Gasteiger partial charge is 0.486 e. The molecule has 6 nitrogen and oxygen atoms in total. The van der Waals surface area contributed by atoms with Gasteiger partial charge in [-0.1, -0.05) is 18.2 Å². The van der Waals surface area contributed by atoms with Crippen molar-refractivity contribution in [3.8, 4) is 17.1 Å². The maximum absolute atomic E-state index is 10.4. The Hall–Kier alpha value is -2.99. The van der Waals surface area contributed by atoms with Crippen molar-refractivity contribution in [2.45, 2.75) is 19.1 Å². The Morgan fingerprint density at radius 2 is 1.81 bits per heavy atom. The molecule has 0 saturated carbocycles. The quantitative estimate of drug-likeness (QED) is 0.781. The van der Waals surface area contributed by atoms with Crippen molar-refractivity contribution in [1.82, 2.24) is 15.0 Å². The van der Waals surface area contributed by atoms with Gasteiger partial charge in [0, 0.05) is 36.3 Å². The summed E-state index contributed by atoms with van der Waals surface area (Å²) in [5, 5.41) is 10.4. The number of anilines is 1. The first-order valence-corrected chi connectivity index (χ1v) is 8.60. The summed E-state index contributed by atoms with van der Waals surface area (Å²) in [6.07, 6.45) is 2.58. The van der Waals surface area contributed by atoms with Gasteiger partial charge < -0.3 is 14.7 Å². The SMILES string of the molecule is Cc1cc(N2C[C@@H](O)[C@H](Oc3ccccc3)C2)nc(-c2ccncc2)n1. The van der Waals surface area contributed by atoms with Gasteiger partial charge in [-0.2, -0.15) is 0 Å². The van der Waals surface area contributed by atoms with Crippen LogP contribution in [0.1, 0.15) is 5.69 Å².